The van der Waals surface area contributed by atoms with Crippen LogP contribution in [-0.4, -0.2) is 42.5 Å². The predicted octanol–water partition coefficient (Wildman–Crippen LogP) is 3.96. The molecule has 26 heavy (non-hydrogen) atoms. The molecular formula is C21H26N2O2S. The van der Waals surface area contributed by atoms with Crippen LogP contribution in [0.5, 0.6) is 5.75 Å². The lowest BCUT2D eigenvalue weighted by atomic mass is 10.2. The Morgan fingerprint density at radius 3 is 2.46 bits per heavy atom. The molecule has 2 aromatic rings. The van der Waals surface area contributed by atoms with E-state index in [1.807, 2.05) is 30.3 Å². The fourth-order valence-electron chi connectivity index (χ4n) is 2.75. The average Bonchev–Trinajstić information content (AvgIpc) is 3.15. The first-order valence-corrected chi connectivity index (χ1v) is 9.42. The van der Waals surface area contributed by atoms with Gasteiger partial charge in [0.2, 0.25) is 5.91 Å². The number of carbonyl (C=O) groups is 1. The molecule has 0 atom stereocenters. The van der Waals surface area contributed by atoms with Crippen LogP contribution >= 0.6 is 11.3 Å². The van der Waals surface area contributed by atoms with Crippen molar-refractivity contribution in [3.63, 3.8) is 0 Å². The molecule has 0 fully saturated rings. The van der Waals surface area contributed by atoms with E-state index in [1.165, 1.54) is 4.88 Å². The van der Waals surface area contributed by atoms with E-state index in [-0.39, 0.29) is 5.91 Å². The van der Waals surface area contributed by atoms with Crippen LogP contribution in [0.15, 0.2) is 67.1 Å². The summed E-state index contributed by atoms with van der Waals surface area (Å²) >= 11 is 1.70. The summed E-state index contributed by atoms with van der Waals surface area (Å²) in [6.45, 7) is 10.2. The van der Waals surface area contributed by atoms with Gasteiger partial charge in [0.25, 0.3) is 0 Å². The number of hydrogen-bond donors (Lipinski definition) is 0. The molecule has 0 spiro atoms. The fraction of sp³-hybridized carbons (Fsp3) is 0.286. The molecule has 0 radical (unpaired) electrons. The Morgan fingerprint density at radius 1 is 1.12 bits per heavy atom. The molecule has 0 bridgehead atoms. The van der Waals surface area contributed by atoms with Crippen molar-refractivity contribution < 1.29 is 9.53 Å². The molecule has 138 valence electrons. The number of ether oxygens (including phenoxy) is 1. The monoisotopic (exact) mass is 370 g/mol. The highest BCUT2D eigenvalue weighted by Crippen LogP contribution is 2.21. The summed E-state index contributed by atoms with van der Waals surface area (Å²) in [6.07, 6.45) is 3.48. The van der Waals surface area contributed by atoms with E-state index < -0.39 is 0 Å². The summed E-state index contributed by atoms with van der Waals surface area (Å²) in [5, 5.41) is 2.06. The number of hydrogen-bond acceptors (Lipinski definition) is 4. The van der Waals surface area contributed by atoms with Gasteiger partial charge >= 0.3 is 0 Å². The quantitative estimate of drug-likeness (QED) is 0.561. The number of thiophene rings is 1. The lowest BCUT2D eigenvalue weighted by molar-refractivity contribution is -0.131. The molecule has 1 amide bonds. The molecule has 0 aliphatic heterocycles. The van der Waals surface area contributed by atoms with Crippen LogP contribution in [0.1, 0.15) is 10.4 Å². The van der Waals surface area contributed by atoms with Crippen molar-refractivity contribution in [3.8, 4) is 5.75 Å². The summed E-state index contributed by atoms with van der Waals surface area (Å²) in [7, 11) is 1.67. The summed E-state index contributed by atoms with van der Waals surface area (Å²) in [4.78, 5) is 17.9. The van der Waals surface area contributed by atoms with Crippen LogP contribution in [0.3, 0.4) is 0 Å². The molecule has 0 aliphatic rings. The number of rotatable bonds is 11. The lowest BCUT2D eigenvalue weighted by Crippen LogP contribution is -2.40. The van der Waals surface area contributed by atoms with E-state index in [0.29, 0.717) is 26.2 Å². The van der Waals surface area contributed by atoms with Gasteiger partial charge in [0.05, 0.1) is 13.7 Å². The van der Waals surface area contributed by atoms with Gasteiger partial charge in [-0.1, -0.05) is 36.4 Å². The van der Waals surface area contributed by atoms with Gasteiger partial charge in [-0.2, -0.15) is 0 Å². The number of carbonyl (C=O) groups excluding carboxylic acids is 1. The normalized spacial score (nSPS) is 10.5. The maximum atomic E-state index is 12.8. The lowest BCUT2D eigenvalue weighted by Gasteiger charge is -2.26. The Kier molecular flexibility index (Phi) is 8.12. The van der Waals surface area contributed by atoms with E-state index >= 15 is 0 Å². The van der Waals surface area contributed by atoms with Gasteiger partial charge in [-0.15, -0.1) is 24.5 Å². The zero-order valence-electron chi connectivity index (χ0n) is 15.3. The van der Waals surface area contributed by atoms with Crippen molar-refractivity contribution in [1.29, 1.82) is 0 Å². The summed E-state index contributed by atoms with van der Waals surface area (Å²) in [5.41, 5.74) is 1.07. The van der Waals surface area contributed by atoms with Gasteiger partial charge in [-0.05, 0) is 17.5 Å². The van der Waals surface area contributed by atoms with Gasteiger partial charge in [-0.25, -0.2) is 0 Å². The molecule has 0 saturated heterocycles. The van der Waals surface area contributed by atoms with Crippen molar-refractivity contribution in [2.45, 2.75) is 13.1 Å². The van der Waals surface area contributed by atoms with Gasteiger partial charge in [0.1, 0.15) is 5.75 Å². The number of methoxy groups -OCH3 is 1. The van der Waals surface area contributed by atoms with Crippen molar-refractivity contribution in [3.05, 3.63) is 77.5 Å². The fourth-order valence-corrected chi connectivity index (χ4v) is 3.49. The third kappa shape index (κ3) is 5.86. The first-order chi connectivity index (χ1) is 12.7. The highest BCUT2D eigenvalue weighted by atomic mass is 32.1. The molecule has 4 nitrogen and oxygen atoms in total. The van der Waals surface area contributed by atoms with Gasteiger partial charge < -0.3 is 9.64 Å². The van der Waals surface area contributed by atoms with Crippen molar-refractivity contribution in [2.75, 3.05) is 26.7 Å². The smallest absolute Gasteiger partial charge is 0.237 e. The third-order valence-corrected chi connectivity index (χ3v) is 4.82. The van der Waals surface area contributed by atoms with E-state index in [4.69, 9.17) is 4.74 Å². The minimum absolute atomic E-state index is 0.0660. The average molecular weight is 371 g/mol. The number of para-hydroxylation sites is 1. The van der Waals surface area contributed by atoms with Crippen LogP contribution in [-0.2, 0) is 17.9 Å². The Labute approximate surface area is 160 Å². The molecule has 0 N–H and O–H groups in total. The molecule has 0 aliphatic carbocycles. The Bertz CT molecular complexity index is 703. The van der Waals surface area contributed by atoms with Crippen LogP contribution in [0.2, 0.25) is 0 Å². The zero-order valence-corrected chi connectivity index (χ0v) is 16.1. The van der Waals surface area contributed by atoms with Gasteiger partial charge in [0.15, 0.2) is 0 Å². The van der Waals surface area contributed by atoms with Gasteiger partial charge in [-0.3, -0.25) is 9.69 Å². The highest BCUT2D eigenvalue weighted by molar-refractivity contribution is 7.09. The molecule has 0 unspecified atom stereocenters. The van der Waals surface area contributed by atoms with Crippen molar-refractivity contribution in [1.82, 2.24) is 9.80 Å². The summed E-state index contributed by atoms with van der Waals surface area (Å²) in [5.74, 6) is 0.904. The van der Waals surface area contributed by atoms with Crippen molar-refractivity contribution in [2.24, 2.45) is 0 Å². The zero-order chi connectivity index (χ0) is 18.8. The number of benzene rings is 1. The van der Waals surface area contributed by atoms with Crippen LogP contribution in [0, 0.1) is 0 Å². The second-order valence-corrected chi connectivity index (χ2v) is 6.94. The van der Waals surface area contributed by atoms with Crippen LogP contribution < -0.4 is 4.74 Å². The number of amides is 1. The molecule has 1 aromatic carbocycles. The van der Waals surface area contributed by atoms with E-state index in [9.17, 15) is 4.79 Å². The Morgan fingerprint density at radius 2 is 1.85 bits per heavy atom. The first-order valence-electron chi connectivity index (χ1n) is 8.54. The predicted molar refractivity (Wildman–Crippen MR) is 108 cm³/mol. The van der Waals surface area contributed by atoms with Crippen LogP contribution in [0.4, 0.5) is 0 Å². The highest BCUT2D eigenvalue weighted by Gasteiger charge is 2.18. The molecule has 5 heteroatoms. The second-order valence-electron chi connectivity index (χ2n) is 5.91. The third-order valence-electron chi connectivity index (χ3n) is 3.96. The Hall–Kier alpha value is -2.37. The molecule has 1 heterocycles. The molecule has 2 rings (SSSR count). The van der Waals surface area contributed by atoms with Gasteiger partial charge in [0, 0.05) is 36.6 Å². The maximum absolute atomic E-state index is 12.8. The first kappa shape index (κ1) is 19.9. The molecule has 0 saturated carbocycles. The summed E-state index contributed by atoms with van der Waals surface area (Å²) < 4.78 is 5.47. The Balaban J connectivity index is 2.16. The van der Waals surface area contributed by atoms with E-state index in [1.54, 1.807) is 35.5 Å². The molecular weight excluding hydrogens is 344 g/mol. The van der Waals surface area contributed by atoms with E-state index in [0.717, 1.165) is 17.9 Å². The minimum Gasteiger partial charge on any atom is -0.496 e. The topological polar surface area (TPSA) is 32.8 Å². The summed E-state index contributed by atoms with van der Waals surface area (Å²) in [6, 6.07) is 12.1. The van der Waals surface area contributed by atoms with Crippen LogP contribution in [0.25, 0.3) is 0 Å². The maximum Gasteiger partial charge on any atom is 0.237 e. The van der Waals surface area contributed by atoms with Crippen molar-refractivity contribution >= 4 is 17.2 Å². The molecule has 1 aromatic heterocycles. The standard InChI is InChI=1S/C21H26N2O2S/c1-4-12-23(13-5-2)21(24)17-22(16-19-10-8-14-26-19)15-18-9-6-7-11-20(18)25-3/h4-11,14H,1-2,12-13,15-17H2,3H3. The SMILES string of the molecule is C=CCN(CC=C)C(=O)CN(Cc1cccs1)Cc1ccccc1OC. The van der Waals surface area contributed by atoms with E-state index in [2.05, 4.69) is 29.5 Å². The largest absolute Gasteiger partial charge is 0.496 e. The second kappa shape index (κ2) is 10.6. The minimum atomic E-state index is 0.0660. The number of nitrogens with zero attached hydrogens (tertiary/aromatic N) is 2.